The first kappa shape index (κ1) is 13.2. The Morgan fingerprint density at radius 1 is 0.789 bits per heavy atom. The summed E-state index contributed by atoms with van der Waals surface area (Å²) in [6.45, 7) is 2.10. The molecule has 0 saturated carbocycles. The molecule has 2 aromatic carbocycles. The van der Waals surface area contributed by atoms with E-state index >= 15 is 0 Å². The van der Waals surface area contributed by atoms with Crippen molar-refractivity contribution in [3.63, 3.8) is 0 Å². The number of allylic oxidation sites excluding steroid dienone is 1. The molecule has 19 heavy (non-hydrogen) atoms. The van der Waals surface area contributed by atoms with Crippen molar-refractivity contribution in [3.05, 3.63) is 59.7 Å². The van der Waals surface area contributed by atoms with Crippen molar-refractivity contribution >= 4 is 11.6 Å². The fourth-order valence-corrected chi connectivity index (χ4v) is 1.89. The quantitative estimate of drug-likeness (QED) is 0.759. The van der Waals surface area contributed by atoms with E-state index in [0.29, 0.717) is 0 Å². The number of rotatable bonds is 4. The number of hydrogen-bond donors (Lipinski definition) is 0. The van der Waals surface area contributed by atoms with Gasteiger partial charge in [-0.05, 0) is 47.9 Å². The molecule has 98 valence electrons. The summed E-state index contributed by atoms with van der Waals surface area (Å²) in [6, 6.07) is 16.1. The highest BCUT2D eigenvalue weighted by Crippen LogP contribution is 2.21. The standard InChI is InChI=1S/C17H18O2/c1-13(15-6-10-17(19-3)11-7-15)12-14-4-8-16(18-2)9-5-14/h4-12H,1-3H3/b13-12-. The largest absolute Gasteiger partial charge is 0.497 e. The van der Waals surface area contributed by atoms with Crippen molar-refractivity contribution < 1.29 is 9.47 Å². The molecule has 0 aliphatic heterocycles. The monoisotopic (exact) mass is 254 g/mol. The Hall–Kier alpha value is -2.22. The van der Waals surface area contributed by atoms with Crippen LogP contribution in [0, 0.1) is 0 Å². The number of benzene rings is 2. The fraction of sp³-hybridized carbons (Fsp3) is 0.176. The molecule has 0 aromatic heterocycles. The third kappa shape index (κ3) is 3.38. The second-order valence-electron chi connectivity index (χ2n) is 4.33. The highest BCUT2D eigenvalue weighted by molar-refractivity contribution is 5.80. The minimum atomic E-state index is 0.874. The average Bonchev–Trinajstić information content (AvgIpc) is 2.48. The number of hydrogen-bond acceptors (Lipinski definition) is 2. The van der Waals surface area contributed by atoms with Gasteiger partial charge in [0.1, 0.15) is 11.5 Å². The first-order chi connectivity index (χ1) is 9.22. The van der Waals surface area contributed by atoms with Crippen LogP contribution in [0.5, 0.6) is 11.5 Å². The van der Waals surface area contributed by atoms with E-state index in [1.54, 1.807) is 14.2 Å². The Kier molecular flexibility index (Phi) is 4.24. The van der Waals surface area contributed by atoms with Gasteiger partial charge in [-0.15, -0.1) is 0 Å². The van der Waals surface area contributed by atoms with Crippen molar-refractivity contribution in [2.24, 2.45) is 0 Å². The van der Waals surface area contributed by atoms with Gasteiger partial charge in [-0.25, -0.2) is 0 Å². The van der Waals surface area contributed by atoms with Gasteiger partial charge in [0, 0.05) is 0 Å². The predicted molar refractivity (Wildman–Crippen MR) is 79.5 cm³/mol. The highest BCUT2D eigenvalue weighted by Gasteiger charge is 1.98. The van der Waals surface area contributed by atoms with Crippen LogP contribution in [0.15, 0.2) is 48.5 Å². The summed E-state index contributed by atoms with van der Waals surface area (Å²) in [4.78, 5) is 0. The molecular formula is C17H18O2. The first-order valence-electron chi connectivity index (χ1n) is 6.19. The lowest BCUT2D eigenvalue weighted by Crippen LogP contribution is -1.85. The predicted octanol–water partition coefficient (Wildman–Crippen LogP) is 4.26. The molecule has 2 aromatic rings. The van der Waals surface area contributed by atoms with Gasteiger partial charge >= 0.3 is 0 Å². The summed E-state index contributed by atoms with van der Waals surface area (Å²) < 4.78 is 10.3. The first-order valence-corrected chi connectivity index (χ1v) is 6.19. The Morgan fingerprint density at radius 3 is 1.74 bits per heavy atom. The van der Waals surface area contributed by atoms with Crippen LogP contribution < -0.4 is 9.47 Å². The van der Waals surface area contributed by atoms with Crippen molar-refractivity contribution in [1.82, 2.24) is 0 Å². The maximum Gasteiger partial charge on any atom is 0.118 e. The molecule has 0 unspecified atom stereocenters. The summed E-state index contributed by atoms with van der Waals surface area (Å²) in [6.07, 6.45) is 2.15. The van der Waals surface area contributed by atoms with E-state index < -0.39 is 0 Å². The van der Waals surface area contributed by atoms with E-state index in [2.05, 4.69) is 25.1 Å². The third-order valence-electron chi connectivity index (χ3n) is 3.04. The van der Waals surface area contributed by atoms with Gasteiger partial charge in [0.25, 0.3) is 0 Å². The third-order valence-corrected chi connectivity index (χ3v) is 3.04. The van der Waals surface area contributed by atoms with Gasteiger partial charge in [-0.3, -0.25) is 0 Å². The molecule has 0 bridgehead atoms. The van der Waals surface area contributed by atoms with Gasteiger partial charge in [-0.2, -0.15) is 0 Å². The second-order valence-corrected chi connectivity index (χ2v) is 4.33. The van der Waals surface area contributed by atoms with E-state index in [1.165, 1.54) is 11.1 Å². The fourth-order valence-electron chi connectivity index (χ4n) is 1.89. The zero-order valence-corrected chi connectivity index (χ0v) is 11.5. The molecule has 0 fully saturated rings. The molecule has 0 N–H and O–H groups in total. The second kappa shape index (κ2) is 6.10. The topological polar surface area (TPSA) is 18.5 Å². The molecule has 0 heterocycles. The zero-order valence-electron chi connectivity index (χ0n) is 11.5. The molecule has 2 rings (SSSR count). The average molecular weight is 254 g/mol. The Bertz CT molecular complexity index is 551. The molecule has 0 aliphatic rings. The van der Waals surface area contributed by atoms with Crippen LogP contribution in [0.1, 0.15) is 18.1 Å². The smallest absolute Gasteiger partial charge is 0.118 e. The number of methoxy groups -OCH3 is 2. The van der Waals surface area contributed by atoms with Crippen molar-refractivity contribution in [1.29, 1.82) is 0 Å². The van der Waals surface area contributed by atoms with Crippen molar-refractivity contribution in [2.75, 3.05) is 14.2 Å². The summed E-state index contributed by atoms with van der Waals surface area (Å²) in [5.41, 5.74) is 3.57. The molecule has 0 atom stereocenters. The van der Waals surface area contributed by atoms with E-state index in [1.807, 2.05) is 36.4 Å². The highest BCUT2D eigenvalue weighted by atomic mass is 16.5. The molecule has 0 amide bonds. The molecule has 2 heteroatoms. The number of ether oxygens (including phenoxy) is 2. The lowest BCUT2D eigenvalue weighted by Gasteiger charge is -2.05. The van der Waals surface area contributed by atoms with E-state index in [9.17, 15) is 0 Å². The lowest BCUT2D eigenvalue weighted by atomic mass is 10.0. The molecule has 0 radical (unpaired) electrons. The van der Waals surface area contributed by atoms with Crippen LogP contribution in [0.4, 0.5) is 0 Å². The van der Waals surface area contributed by atoms with Crippen LogP contribution >= 0.6 is 0 Å². The van der Waals surface area contributed by atoms with E-state index in [-0.39, 0.29) is 0 Å². The van der Waals surface area contributed by atoms with Crippen LogP contribution in [0.3, 0.4) is 0 Å². The van der Waals surface area contributed by atoms with Gasteiger partial charge < -0.3 is 9.47 Å². The van der Waals surface area contributed by atoms with Gasteiger partial charge in [0.05, 0.1) is 14.2 Å². The summed E-state index contributed by atoms with van der Waals surface area (Å²) in [7, 11) is 3.35. The Morgan fingerprint density at radius 2 is 1.26 bits per heavy atom. The maximum absolute atomic E-state index is 5.16. The Labute approximate surface area is 114 Å². The molecule has 0 aliphatic carbocycles. The van der Waals surface area contributed by atoms with Gasteiger partial charge in [0.2, 0.25) is 0 Å². The van der Waals surface area contributed by atoms with Crippen LogP contribution in [0.25, 0.3) is 11.6 Å². The molecule has 0 saturated heterocycles. The van der Waals surface area contributed by atoms with Crippen LogP contribution in [-0.2, 0) is 0 Å². The summed E-state index contributed by atoms with van der Waals surface area (Å²) in [5.74, 6) is 1.75. The summed E-state index contributed by atoms with van der Waals surface area (Å²) in [5, 5.41) is 0. The zero-order chi connectivity index (χ0) is 13.7. The van der Waals surface area contributed by atoms with Crippen LogP contribution in [0.2, 0.25) is 0 Å². The van der Waals surface area contributed by atoms with E-state index in [0.717, 1.165) is 17.1 Å². The normalized spacial score (nSPS) is 11.2. The van der Waals surface area contributed by atoms with Crippen LogP contribution in [-0.4, -0.2) is 14.2 Å². The maximum atomic E-state index is 5.16. The van der Waals surface area contributed by atoms with Crippen molar-refractivity contribution in [3.8, 4) is 11.5 Å². The Balaban J connectivity index is 2.20. The molecule has 0 spiro atoms. The SMILES string of the molecule is COc1ccc(/C=C(/C)c2ccc(OC)cc2)cc1. The minimum absolute atomic E-state index is 0.874. The molecular weight excluding hydrogens is 236 g/mol. The minimum Gasteiger partial charge on any atom is -0.497 e. The molecule has 2 nitrogen and oxygen atoms in total. The summed E-state index contributed by atoms with van der Waals surface area (Å²) >= 11 is 0. The van der Waals surface area contributed by atoms with E-state index in [4.69, 9.17) is 9.47 Å². The lowest BCUT2D eigenvalue weighted by molar-refractivity contribution is 0.414. The van der Waals surface area contributed by atoms with Crippen molar-refractivity contribution in [2.45, 2.75) is 6.92 Å². The van der Waals surface area contributed by atoms with Gasteiger partial charge in [0.15, 0.2) is 0 Å². The van der Waals surface area contributed by atoms with Gasteiger partial charge in [-0.1, -0.05) is 30.3 Å².